The molecular weight excluding hydrogens is 194 g/mol. The minimum absolute atomic E-state index is 0.0761. The van der Waals surface area contributed by atoms with Crippen molar-refractivity contribution < 1.29 is 18.3 Å². The second kappa shape index (κ2) is 4.17. The largest absolute Gasteiger partial charge is 0.462 e. The Morgan fingerprint density at radius 2 is 2.36 bits per heavy atom. The first-order valence-corrected chi connectivity index (χ1v) is 4.07. The molecule has 0 amide bonds. The third-order valence-electron chi connectivity index (χ3n) is 1.72. The summed E-state index contributed by atoms with van der Waals surface area (Å²) in [5.41, 5.74) is 0.186. The van der Waals surface area contributed by atoms with Crippen LogP contribution >= 0.6 is 0 Å². The Labute approximate surface area is 79.5 Å². The van der Waals surface area contributed by atoms with Gasteiger partial charge in [0.15, 0.2) is 0 Å². The number of hydrogen-bond acceptors (Lipinski definition) is 3. The first kappa shape index (κ1) is 10.6. The number of carbonyl (C=O) groups excluding carboxylic acids is 1. The van der Waals surface area contributed by atoms with Crippen molar-refractivity contribution in [3.05, 3.63) is 17.5 Å². The minimum atomic E-state index is -2.74. The smallest absolute Gasteiger partial charge is 0.341 e. The van der Waals surface area contributed by atoms with Crippen molar-refractivity contribution in [3.8, 4) is 0 Å². The van der Waals surface area contributed by atoms with Gasteiger partial charge in [-0.25, -0.2) is 9.48 Å². The summed E-state index contributed by atoms with van der Waals surface area (Å²) in [6, 6.07) is 0. The van der Waals surface area contributed by atoms with Gasteiger partial charge in [-0.1, -0.05) is 0 Å². The molecular formula is C8H10F2N2O2. The van der Waals surface area contributed by atoms with Crippen LogP contribution in [0.4, 0.5) is 8.78 Å². The fraction of sp³-hybridized carbons (Fsp3) is 0.500. The molecule has 0 aliphatic carbocycles. The Morgan fingerprint density at radius 1 is 1.71 bits per heavy atom. The zero-order chi connectivity index (χ0) is 10.7. The average Bonchev–Trinajstić information content (AvgIpc) is 2.47. The Balaban J connectivity index is 2.95. The van der Waals surface area contributed by atoms with Crippen molar-refractivity contribution in [1.29, 1.82) is 0 Å². The summed E-state index contributed by atoms with van der Waals surface area (Å²) in [5, 5.41) is 3.38. The first-order chi connectivity index (χ1) is 6.57. The molecule has 0 unspecified atom stereocenters. The molecule has 0 spiro atoms. The normalized spacial score (nSPS) is 10.6. The van der Waals surface area contributed by atoms with E-state index in [1.165, 1.54) is 6.92 Å². The van der Waals surface area contributed by atoms with Crippen molar-refractivity contribution in [2.75, 3.05) is 6.61 Å². The van der Waals surface area contributed by atoms with Gasteiger partial charge in [0.25, 0.3) is 0 Å². The molecule has 1 rings (SSSR count). The van der Waals surface area contributed by atoms with Gasteiger partial charge in [-0.2, -0.15) is 13.9 Å². The maximum atomic E-state index is 12.2. The van der Waals surface area contributed by atoms with Crippen molar-refractivity contribution in [3.63, 3.8) is 0 Å². The maximum Gasteiger partial charge on any atom is 0.341 e. The van der Waals surface area contributed by atoms with Crippen molar-refractivity contribution >= 4 is 5.97 Å². The minimum Gasteiger partial charge on any atom is -0.462 e. The summed E-state index contributed by atoms with van der Waals surface area (Å²) in [6.45, 7) is 0.507. The van der Waals surface area contributed by atoms with E-state index in [0.29, 0.717) is 4.68 Å². The number of hydrogen-bond donors (Lipinski definition) is 0. The molecule has 0 saturated heterocycles. The summed E-state index contributed by atoms with van der Waals surface area (Å²) < 4.78 is 29.6. The highest BCUT2D eigenvalue weighted by Crippen LogP contribution is 2.16. The lowest BCUT2D eigenvalue weighted by Crippen LogP contribution is -2.08. The van der Waals surface area contributed by atoms with Crippen LogP contribution in [0.15, 0.2) is 6.20 Å². The zero-order valence-corrected chi connectivity index (χ0v) is 7.83. The third kappa shape index (κ3) is 1.89. The Kier molecular flexibility index (Phi) is 3.16. The molecule has 0 N–H and O–H groups in total. The predicted octanol–water partition coefficient (Wildman–Crippen LogP) is 1.76. The van der Waals surface area contributed by atoms with Gasteiger partial charge in [-0.05, 0) is 13.8 Å². The Bertz CT molecular complexity index is 336. The van der Waals surface area contributed by atoms with E-state index in [1.54, 1.807) is 6.92 Å². The lowest BCUT2D eigenvalue weighted by atomic mass is 10.3. The molecule has 0 aliphatic heterocycles. The summed E-state index contributed by atoms with van der Waals surface area (Å²) >= 11 is 0. The van der Waals surface area contributed by atoms with Crippen LogP contribution in [-0.4, -0.2) is 22.4 Å². The highest BCUT2D eigenvalue weighted by atomic mass is 19.3. The molecule has 4 nitrogen and oxygen atoms in total. The number of ether oxygens (including phenoxy) is 1. The highest BCUT2D eigenvalue weighted by molar-refractivity contribution is 5.90. The SMILES string of the molecule is CCOC(=O)c1cnn(C(F)F)c1C. The highest BCUT2D eigenvalue weighted by Gasteiger charge is 2.18. The van der Waals surface area contributed by atoms with Crippen LogP contribution in [0.1, 0.15) is 29.5 Å². The van der Waals surface area contributed by atoms with Crippen LogP contribution in [0.3, 0.4) is 0 Å². The second-order valence-corrected chi connectivity index (χ2v) is 2.59. The summed E-state index contributed by atoms with van der Waals surface area (Å²) in [5.74, 6) is -0.628. The molecule has 0 atom stereocenters. The molecule has 78 valence electrons. The lowest BCUT2D eigenvalue weighted by molar-refractivity contribution is 0.0507. The van der Waals surface area contributed by atoms with E-state index in [0.717, 1.165) is 6.20 Å². The molecule has 0 aromatic carbocycles. The number of esters is 1. The molecule has 0 aliphatic rings. The average molecular weight is 204 g/mol. The fourth-order valence-electron chi connectivity index (χ4n) is 1.03. The third-order valence-corrected chi connectivity index (χ3v) is 1.72. The molecule has 0 radical (unpaired) electrons. The molecule has 1 heterocycles. The van der Waals surface area contributed by atoms with Gasteiger partial charge < -0.3 is 4.74 Å². The van der Waals surface area contributed by atoms with E-state index in [-0.39, 0.29) is 17.9 Å². The molecule has 0 fully saturated rings. The maximum absolute atomic E-state index is 12.2. The van der Waals surface area contributed by atoms with Crippen molar-refractivity contribution in [2.45, 2.75) is 20.4 Å². The lowest BCUT2D eigenvalue weighted by Gasteiger charge is -2.03. The van der Waals surface area contributed by atoms with Crippen LogP contribution < -0.4 is 0 Å². The summed E-state index contributed by atoms with van der Waals surface area (Å²) in [4.78, 5) is 11.2. The van der Waals surface area contributed by atoms with Gasteiger partial charge in [-0.3, -0.25) is 0 Å². The first-order valence-electron chi connectivity index (χ1n) is 4.07. The van der Waals surface area contributed by atoms with Gasteiger partial charge in [0.1, 0.15) is 5.56 Å². The van der Waals surface area contributed by atoms with E-state index in [9.17, 15) is 13.6 Å². The molecule has 14 heavy (non-hydrogen) atoms. The van der Waals surface area contributed by atoms with Gasteiger partial charge in [0, 0.05) is 0 Å². The van der Waals surface area contributed by atoms with Gasteiger partial charge in [0.2, 0.25) is 0 Å². The van der Waals surface area contributed by atoms with E-state index < -0.39 is 12.5 Å². The zero-order valence-electron chi connectivity index (χ0n) is 7.83. The van der Waals surface area contributed by atoms with Crippen LogP contribution in [0, 0.1) is 6.92 Å². The molecule has 0 saturated carbocycles. The molecule has 1 aromatic rings. The number of rotatable bonds is 3. The Hall–Kier alpha value is -1.46. The second-order valence-electron chi connectivity index (χ2n) is 2.59. The predicted molar refractivity (Wildman–Crippen MR) is 44.2 cm³/mol. The topological polar surface area (TPSA) is 44.1 Å². The molecule has 1 aromatic heterocycles. The fourth-order valence-corrected chi connectivity index (χ4v) is 1.03. The van der Waals surface area contributed by atoms with Crippen molar-refractivity contribution in [1.82, 2.24) is 9.78 Å². The van der Waals surface area contributed by atoms with Gasteiger partial charge in [0.05, 0.1) is 18.5 Å². The monoisotopic (exact) mass is 204 g/mol. The number of halogens is 2. The van der Waals surface area contributed by atoms with Crippen LogP contribution in [-0.2, 0) is 4.74 Å². The van der Waals surface area contributed by atoms with E-state index in [2.05, 4.69) is 9.84 Å². The molecule has 0 bridgehead atoms. The summed E-state index contributed by atoms with van der Waals surface area (Å²) in [6.07, 6.45) is 1.08. The Morgan fingerprint density at radius 3 is 2.79 bits per heavy atom. The molecule has 6 heteroatoms. The van der Waals surface area contributed by atoms with Gasteiger partial charge >= 0.3 is 12.5 Å². The van der Waals surface area contributed by atoms with E-state index in [1.807, 2.05) is 0 Å². The van der Waals surface area contributed by atoms with Crippen molar-refractivity contribution in [2.24, 2.45) is 0 Å². The standard InChI is InChI=1S/C8H10F2N2O2/c1-3-14-7(13)6-4-11-12(5(6)2)8(9)10/h4,8H,3H2,1-2H3. The quantitative estimate of drug-likeness (QED) is 0.704. The van der Waals surface area contributed by atoms with E-state index >= 15 is 0 Å². The summed E-state index contributed by atoms with van der Waals surface area (Å²) in [7, 11) is 0. The number of aromatic nitrogens is 2. The number of nitrogens with zero attached hydrogens (tertiary/aromatic N) is 2. The van der Waals surface area contributed by atoms with Crippen LogP contribution in [0.25, 0.3) is 0 Å². The van der Waals surface area contributed by atoms with Gasteiger partial charge in [-0.15, -0.1) is 0 Å². The number of carbonyl (C=O) groups is 1. The van der Waals surface area contributed by atoms with Crippen LogP contribution in [0.2, 0.25) is 0 Å². The van der Waals surface area contributed by atoms with E-state index in [4.69, 9.17) is 0 Å². The van der Waals surface area contributed by atoms with Crippen LogP contribution in [0.5, 0.6) is 0 Å². The number of alkyl halides is 2.